The number of aliphatic hydroxyl groups is 2. The van der Waals surface area contributed by atoms with Gasteiger partial charge in [-0.3, -0.25) is 28.8 Å². The van der Waals surface area contributed by atoms with Gasteiger partial charge in [-0.05, 0) is 18.4 Å². The Balaban J connectivity index is 1.56. The first-order valence-electron chi connectivity index (χ1n) is 18.9. The molecule has 7 fully saturated rings. The van der Waals surface area contributed by atoms with Crippen LogP contribution in [0.2, 0.25) is 0 Å². The van der Waals surface area contributed by atoms with Crippen molar-refractivity contribution in [2.24, 2.45) is 34.0 Å². The van der Waals surface area contributed by atoms with Gasteiger partial charge in [-0.1, -0.05) is 27.7 Å². The Morgan fingerprint density at radius 1 is 0.875 bits per heavy atom. The highest BCUT2D eigenvalue weighted by Gasteiger charge is 3.05. The van der Waals surface area contributed by atoms with E-state index >= 15 is 0 Å². The van der Waals surface area contributed by atoms with Gasteiger partial charge >= 0.3 is 35.8 Å². The summed E-state index contributed by atoms with van der Waals surface area (Å²) >= 11 is 0. The van der Waals surface area contributed by atoms with Crippen LogP contribution in [-0.2, 0) is 66.7 Å². The van der Waals surface area contributed by atoms with Crippen molar-refractivity contribution in [3.8, 4) is 0 Å². The molecule has 15 atom stereocenters. The molecule has 17 heteroatoms. The Morgan fingerprint density at radius 2 is 1.52 bits per heavy atom. The van der Waals surface area contributed by atoms with E-state index in [0.29, 0.717) is 5.56 Å². The lowest BCUT2D eigenvalue weighted by molar-refractivity contribution is -0.449. The molecule has 0 aromatic carbocycles. The van der Waals surface area contributed by atoms with Crippen LogP contribution in [0.3, 0.4) is 0 Å². The zero-order chi connectivity index (χ0) is 41.0. The van der Waals surface area contributed by atoms with Crippen molar-refractivity contribution >= 4 is 35.8 Å². The van der Waals surface area contributed by atoms with Gasteiger partial charge in [0.25, 0.3) is 0 Å². The minimum atomic E-state index is -2.73. The monoisotopic (exact) mass is 788 g/mol. The van der Waals surface area contributed by atoms with E-state index in [9.17, 15) is 39.0 Å². The van der Waals surface area contributed by atoms with E-state index in [1.807, 2.05) is 0 Å². The highest BCUT2D eigenvalue weighted by molar-refractivity contribution is 5.75. The molecule has 2 spiro atoms. The lowest BCUT2D eigenvalue weighted by Gasteiger charge is -2.77. The zero-order valence-electron chi connectivity index (χ0n) is 32.7. The number of hydrogen-bond donors (Lipinski definition) is 2. The number of fused-ring (bicyclic) bond motifs is 4. The van der Waals surface area contributed by atoms with Crippen molar-refractivity contribution in [1.29, 1.82) is 0 Å². The number of carbonyl (C=O) groups excluding carboxylic acids is 6. The molecule has 1 aromatic rings. The maximum atomic E-state index is 14.5. The number of hydrogen-bond acceptors (Lipinski definition) is 17. The molecule has 4 aliphatic carbocycles. The smallest absolute Gasteiger partial charge is 0.306 e. The average molecular weight is 789 g/mol. The van der Waals surface area contributed by atoms with Crippen molar-refractivity contribution in [1.82, 2.24) is 0 Å². The first-order valence-corrected chi connectivity index (χ1v) is 18.9. The van der Waals surface area contributed by atoms with Gasteiger partial charge in [-0.15, -0.1) is 0 Å². The van der Waals surface area contributed by atoms with Gasteiger partial charge < -0.3 is 52.5 Å². The van der Waals surface area contributed by atoms with Crippen molar-refractivity contribution in [3.05, 3.63) is 24.2 Å². The number of cyclic esters (lactones) is 1. The molecule has 4 heterocycles. The lowest BCUT2D eigenvalue weighted by Crippen LogP contribution is -2.98. The summed E-state index contributed by atoms with van der Waals surface area (Å²) < 4.78 is 56.7. The minimum absolute atomic E-state index is 0.0786. The quantitative estimate of drug-likeness (QED) is 0.283. The largest absolute Gasteiger partial charge is 0.472 e. The second kappa shape index (κ2) is 11.5. The summed E-state index contributed by atoms with van der Waals surface area (Å²) in [6, 6.07) is 1.55. The van der Waals surface area contributed by atoms with Crippen LogP contribution in [0.1, 0.15) is 93.2 Å². The molecule has 3 aliphatic heterocycles. The van der Waals surface area contributed by atoms with Crippen molar-refractivity contribution < 1.29 is 81.3 Å². The molecule has 4 bridgehead atoms. The fourth-order valence-electron chi connectivity index (χ4n) is 13.4. The van der Waals surface area contributed by atoms with Gasteiger partial charge in [-0.25, -0.2) is 0 Å². The molecule has 1 unspecified atom stereocenters. The van der Waals surface area contributed by atoms with Crippen molar-refractivity contribution in [2.75, 3.05) is 6.61 Å². The van der Waals surface area contributed by atoms with Crippen LogP contribution < -0.4 is 0 Å². The number of ether oxygens (including phenoxy) is 8. The highest BCUT2D eigenvalue weighted by atomic mass is 16.8. The molecule has 1 aromatic heterocycles. The van der Waals surface area contributed by atoms with Crippen LogP contribution in [0.15, 0.2) is 23.0 Å². The fraction of sp³-hybridized carbons (Fsp3) is 0.744. The standard InChI is InChI=1S/C39H48O17/c1-17(2)35-13-25-33(9,27(50-18(3)40)23-10-11-48-14-23)28(51-19(4)41)29(52-20(5)42)39(47)34-16-49-26(45)12-24(34)32(8)15-36(34,46)38(54-22(7)44,30(32)53-21(6)43)31(55-35)37(25,39)56-35/h10-11,14,17,24-25,27-31,46-47H,12-13,15-16H2,1-9H3/t24?,25-,27+,28+,29-,30+,31+,32-,33-,34-,35-,36-,37-,38+,39+/m1/s1. The predicted molar refractivity (Wildman–Crippen MR) is 181 cm³/mol. The maximum absolute atomic E-state index is 14.5. The molecule has 8 rings (SSSR count). The number of furan rings is 1. The van der Waals surface area contributed by atoms with Crippen molar-refractivity contribution in [2.45, 2.75) is 140 Å². The van der Waals surface area contributed by atoms with E-state index in [2.05, 4.69) is 0 Å². The molecular formula is C39H48O17. The van der Waals surface area contributed by atoms with Gasteiger partial charge in [0.1, 0.15) is 35.6 Å². The Morgan fingerprint density at radius 3 is 2.07 bits per heavy atom. The number of rotatable bonds is 8. The lowest BCUT2D eigenvalue weighted by atomic mass is 9.32. The van der Waals surface area contributed by atoms with E-state index < -0.39 is 142 Å². The molecular weight excluding hydrogens is 740 g/mol. The second-order valence-corrected chi connectivity index (χ2v) is 17.7. The molecule has 56 heavy (non-hydrogen) atoms. The van der Waals surface area contributed by atoms with Crippen LogP contribution in [0.4, 0.5) is 0 Å². The van der Waals surface area contributed by atoms with Crippen LogP contribution in [-0.4, -0.2) is 105 Å². The van der Waals surface area contributed by atoms with E-state index in [1.54, 1.807) is 33.8 Å². The summed E-state index contributed by atoms with van der Waals surface area (Å²) in [6.07, 6.45) is -6.37. The Labute approximate surface area is 321 Å². The van der Waals surface area contributed by atoms with Crippen LogP contribution in [0.25, 0.3) is 0 Å². The summed E-state index contributed by atoms with van der Waals surface area (Å²) in [5.41, 5.74) is -14.9. The molecule has 0 amide bonds. The normalized spacial score (nSPS) is 48.0. The molecule has 2 N–H and O–H groups in total. The molecule has 3 saturated heterocycles. The SMILES string of the molecule is CC(=O)O[C@@H]1[C@H](OC(C)=O)[C@@](C)([C@@H](OC(C)=O)c2ccoc2)[C@H]2C[C@@]3(C(C)C)O[C@@H]4[C@@]5(OC(C)=O)[C@@H](OC(C)=O)[C@]6(C)C[C@@]5(O)[C@]5(COC(=O)CC56)[C@]1(O)[C@@]24O3. The predicted octanol–water partition coefficient (Wildman–Crippen LogP) is 1.98. The van der Waals surface area contributed by atoms with Gasteiger partial charge in [0.2, 0.25) is 5.60 Å². The summed E-state index contributed by atoms with van der Waals surface area (Å²) in [4.78, 5) is 80.1. The van der Waals surface area contributed by atoms with Crippen LogP contribution >= 0.6 is 0 Å². The highest BCUT2D eigenvalue weighted by Crippen LogP contribution is 2.88. The zero-order valence-corrected chi connectivity index (χ0v) is 32.7. The molecule has 0 radical (unpaired) electrons. The first-order chi connectivity index (χ1) is 26.0. The Hall–Kier alpha value is -4.06. The first kappa shape index (κ1) is 38.8. The van der Waals surface area contributed by atoms with Gasteiger partial charge in [-0.2, -0.15) is 0 Å². The Kier molecular flexibility index (Phi) is 7.99. The molecule has 4 saturated carbocycles. The summed E-state index contributed by atoms with van der Waals surface area (Å²) in [5.74, 6) is -9.46. The topological polar surface area (TPSA) is 230 Å². The average Bonchev–Trinajstić information content (AvgIpc) is 3.89. The fourth-order valence-corrected chi connectivity index (χ4v) is 13.4. The molecule has 17 nitrogen and oxygen atoms in total. The maximum Gasteiger partial charge on any atom is 0.306 e. The Bertz CT molecular complexity index is 1930. The molecule has 7 aliphatic rings. The van der Waals surface area contributed by atoms with E-state index in [1.165, 1.54) is 19.5 Å². The third-order valence-corrected chi connectivity index (χ3v) is 14.8. The van der Waals surface area contributed by atoms with Gasteiger partial charge in [0, 0.05) is 70.3 Å². The minimum Gasteiger partial charge on any atom is -0.472 e. The number of carbonyl (C=O) groups is 6. The second-order valence-electron chi connectivity index (χ2n) is 17.7. The molecule has 306 valence electrons. The van der Waals surface area contributed by atoms with Crippen molar-refractivity contribution in [3.63, 3.8) is 0 Å². The van der Waals surface area contributed by atoms with Gasteiger partial charge in [0.15, 0.2) is 24.1 Å². The van der Waals surface area contributed by atoms with E-state index in [-0.39, 0.29) is 12.8 Å². The third kappa shape index (κ3) is 4.05. The summed E-state index contributed by atoms with van der Waals surface area (Å²) in [5, 5.41) is 28.4. The van der Waals surface area contributed by atoms with E-state index in [4.69, 9.17) is 42.3 Å². The summed E-state index contributed by atoms with van der Waals surface area (Å²) in [6.45, 7) is 11.8. The van der Waals surface area contributed by atoms with Crippen LogP contribution in [0, 0.1) is 34.0 Å². The van der Waals surface area contributed by atoms with Crippen LogP contribution in [0.5, 0.6) is 0 Å². The summed E-state index contributed by atoms with van der Waals surface area (Å²) in [7, 11) is 0. The van der Waals surface area contributed by atoms with E-state index in [0.717, 1.165) is 27.7 Å². The number of esters is 6. The van der Waals surface area contributed by atoms with Gasteiger partial charge in [0.05, 0.1) is 23.4 Å². The third-order valence-electron chi connectivity index (χ3n) is 14.8.